The van der Waals surface area contributed by atoms with E-state index in [1.54, 1.807) is 0 Å². The van der Waals surface area contributed by atoms with Crippen LogP contribution in [0.25, 0.3) is 22.3 Å². The number of nitrogens with zero attached hydrogens (tertiary/aromatic N) is 1. The monoisotopic (exact) mass is 264 g/mol. The molecule has 1 N–H and O–H groups in total. The van der Waals surface area contributed by atoms with Gasteiger partial charge in [-0.15, -0.1) is 0 Å². The molecule has 0 unspecified atom stereocenters. The molecule has 3 nitrogen and oxygen atoms in total. The minimum atomic E-state index is -0.149. The lowest BCUT2D eigenvalue weighted by Crippen LogP contribution is -2.11. The molecule has 0 saturated heterocycles. The van der Waals surface area contributed by atoms with Crippen LogP contribution in [0.3, 0.4) is 0 Å². The Balaban J connectivity index is 2.26. The Hall–Kier alpha value is -2.42. The number of aromatic amines is 1. The Morgan fingerprint density at radius 2 is 1.60 bits per heavy atom. The van der Waals surface area contributed by atoms with Crippen molar-refractivity contribution in [3.05, 3.63) is 63.4 Å². The minimum Gasteiger partial charge on any atom is -0.319 e. The molecule has 0 atom stereocenters. The van der Waals surface area contributed by atoms with Gasteiger partial charge in [0.25, 0.3) is 5.56 Å². The number of fused-ring (bicyclic) bond motifs is 1. The highest BCUT2D eigenvalue weighted by atomic mass is 16.1. The molecule has 0 aliphatic rings. The molecule has 1 aromatic heterocycles. The molecule has 0 aliphatic heterocycles. The van der Waals surface area contributed by atoms with Gasteiger partial charge in [-0.1, -0.05) is 29.8 Å². The number of H-pyrrole nitrogens is 1. The first-order valence-corrected chi connectivity index (χ1v) is 6.63. The summed E-state index contributed by atoms with van der Waals surface area (Å²) in [6.07, 6.45) is 0. The van der Waals surface area contributed by atoms with Gasteiger partial charge in [-0.05, 0) is 44.0 Å². The molecule has 0 amide bonds. The zero-order chi connectivity index (χ0) is 14.3. The molecule has 0 fully saturated rings. The zero-order valence-corrected chi connectivity index (χ0v) is 11.8. The van der Waals surface area contributed by atoms with E-state index < -0.39 is 0 Å². The topological polar surface area (TPSA) is 45.8 Å². The molecule has 0 saturated carbocycles. The van der Waals surface area contributed by atoms with Crippen molar-refractivity contribution >= 4 is 11.0 Å². The molecule has 3 aromatic rings. The SMILES string of the molecule is Cc1ccc(-c2nc3cc(C)c(C)cc3[nH]c2=O)cc1. The summed E-state index contributed by atoms with van der Waals surface area (Å²) >= 11 is 0. The van der Waals surface area contributed by atoms with Crippen LogP contribution >= 0.6 is 0 Å². The first-order chi connectivity index (χ1) is 9.54. The molecule has 0 spiro atoms. The Morgan fingerprint density at radius 3 is 2.30 bits per heavy atom. The molecule has 1 heterocycles. The van der Waals surface area contributed by atoms with Gasteiger partial charge >= 0.3 is 0 Å². The second kappa shape index (κ2) is 4.60. The lowest BCUT2D eigenvalue weighted by Gasteiger charge is -2.06. The molecule has 3 heteroatoms. The highest BCUT2D eigenvalue weighted by Gasteiger charge is 2.08. The number of nitrogens with one attached hydrogen (secondary N) is 1. The van der Waals surface area contributed by atoms with Crippen molar-refractivity contribution in [2.24, 2.45) is 0 Å². The third-order valence-electron chi connectivity index (χ3n) is 3.63. The van der Waals surface area contributed by atoms with Gasteiger partial charge in [0.15, 0.2) is 0 Å². The van der Waals surface area contributed by atoms with Crippen molar-refractivity contribution in [2.45, 2.75) is 20.8 Å². The lowest BCUT2D eigenvalue weighted by atomic mass is 10.1. The summed E-state index contributed by atoms with van der Waals surface area (Å²) in [6.45, 7) is 6.10. The lowest BCUT2D eigenvalue weighted by molar-refractivity contribution is 1.20. The Labute approximate surface area is 117 Å². The van der Waals surface area contributed by atoms with Crippen LogP contribution in [0.5, 0.6) is 0 Å². The molecular weight excluding hydrogens is 248 g/mol. The smallest absolute Gasteiger partial charge is 0.274 e. The number of aryl methyl sites for hydroxylation is 3. The Kier molecular flexibility index (Phi) is 2.90. The third kappa shape index (κ3) is 2.11. The summed E-state index contributed by atoms with van der Waals surface area (Å²) in [4.78, 5) is 19.7. The summed E-state index contributed by atoms with van der Waals surface area (Å²) in [5.74, 6) is 0. The highest BCUT2D eigenvalue weighted by Crippen LogP contribution is 2.19. The summed E-state index contributed by atoms with van der Waals surface area (Å²) < 4.78 is 0. The predicted octanol–water partition coefficient (Wildman–Crippen LogP) is 3.52. The van der Waals surface area contributed by atoms with E-state index in [4.69, 9.17) is 0 Å². The van der Waals surface area contributed by atoms with Gasteiger partial charge in [0.2, 0.25) is 0 Å². The van der Waals surface area contributed by atoms with E-state index in [1.165, 1.54) is 5.56 Å². The zero-order valence-electron chi connectivity index (χ0n) is 11.8. The molecule has 0 radical (unpaired) electrons. The van der Waals surface area contributed by atoms with Crippen molar-refractivity contribution in [1.82, 2.24) is 9.97 Å². The van der Waals surface area contributed by atoms with Crippen LogP contribution in [0.15, 0.2) is 41.2 Å². The average molecular weight is 264 g/mol. The molecule has 2 aromatic carbocycles. The van der Waals surface area contributed by atoms with Gasteiger partial charge in [0.05, 0.1) is 11.0 Å². The Bertz CT molecular complexity index is 845. The largest absolute Gasteiger partial charge is 0.319 e. The normalized spacial score (nSPS) is 10.9. The number of hydrogen-bond acceptors (Lipinski definition) is 2. The van der Waals surface area contributed by atoms with Crippen molar-refractivity contribution in [1.29, 1.82) is 0 Å². The van der Waals surface area contributed by atoms with Crippen molar-refractivity contribution < 1.29 is 0 Å². The van der Waals surface area contributed by atoms with E-state index in [2.05, 4.69) is 9.97 Å². The minimum absolute atomic E-state index is 0.149. The maximum absolute atomic E-state index is 12.2. The quantitative estimate of drug-likeness (QED) is 0.731. The fourth-order valence-corrected chi connectivity index (χ4v) is 2.25. The number of rotatable bonds is 1. The summed E-state index contributed by atoms with van der Waals surface area (Å²) in [5.41, 5.74) is 6.27. The van der Waals surface area contributed by atoms with Gasteiger partial charge in [-0.3, -0.25) is 4.79 Å². The predicted molar refractivity (Wildman–Crippen MR) is 82.0 cm³/mol. The molecule has 20 heavy (non-hydrogen) atoms. The van der Waals surface area contributed by atoms with Crippen molar-refractivity contribution in [2.75, 3.05) is 0 Å². The van der Waals surface area contributed by atoms with Gasteiger partial charge in [0.1, 0.15) is 5.69 Å². The van der Waals surface area contributed by atoms with E-state index in [0.717, 1.165) is 27.7 Å². The van der Waals surface area contributed by atoms with Crippen LogP contribution in [0.4, 0.5) is 0 Å². The van der Waals surface area contributed by atoms with Gasteiger partial charge in [-0.25, -0.2) is 4.98 Å². The average Bonchev–Trinajstić information content (AvgIpc) is 2.41. The second-order valence-corrected chi connectivity index (χ2v) is 5.23. The molecule has 3 rings (SSSR count). The number of aromatic nitrogens is 2. The van der Waals surface area contributed by atoms with Gasteiger partial charge in [0, 0.05) is 5.56 Å². The van der Waals surface area contributed by atoms with Crippen LogP contribution in [0.1, 0.15) is 16.7 Å². The van der Waals surface area contributed by atoms with Crippen LogP contribution in [-0.2, 0) is 0 Å². The van der Waals surface area contributed by atoms with Gasteiger partial charge in [-0.2, -0.15) is 0 Å². The van der Waals surface area contributed by atoms with E-state index >= 15 is 0 Å². The van der Waals surface area contributed by atoms with Crippen LogP contribution in [0, 0.1) is 20.8 Å². The fourth-order valence-electron chi connectivity index (χ4n) is 2.25. The van der Waals surface area contributed by atoms with Gasteiger partial charge < -0.3 is 4.98 Å². The molecule has 0 aliphatic carbocycles. The number of hydrogen-bond donors (Lipinski definition) is 1. The number of benzene rings is 2. The van der Waals surface area contributed by atoms with Crippen molar-refractivity contribution in [3.8, 4) is 11.3 Å². The first-order valence-electron chi connectivity index (χ1n) is 6.63. The molecule has 0 bridgehead atoms. The standard InChI is InChI=1S/C17H16N2O/c1-10-4-6-13(7-5-10)16-17(20)19-15-9-12(3)11(2)8-14(15)18-16/h4-9H,1-3H3,(H,19,20). The molecule has 100 valence electrons. The fraction of sp³-hybridized carbons (Fsp3) is 0.176. The first kappa shape index (κ1) is 12.6. The van der Waals surface area contributed by atoms with E-state index in [9.17, 15) is 4.79 Å². The third-order valence-corrected chi connectivity index (χ3v) is 3.63. The second-order valence-electron chi connectivity index (χ2n) is 5.23. The summed E-state index contributed by atoms with van der Waals surface area (Å²) in [7, 11) is 0. The summed E-state index contributed by atoms with van der Waals surface area (Å²) in [5, 5.41) is 0. The maximum atomic E-state index is 12.2. The molecular formula is C17H16N2O. The summed E-state index contributed by atoms with van der Waals surface area (Å²) in [6, 6.07) is 11.8. The van der Waals surface area contributed by atoms with E-state index in [-0.39, 0.29) is 5.56 Å². The van der Waals surface area contributed by atoms with Crippen LogP contribution in [0.2, 0.25) is 0 Å². The Morgan fingerprint density at radius 1 is 0.950 bits per heavy atom. The maximum Gasteiger partial charge on any atom is 0.274 e. The van der Waals surface area contributed by atoms with E-state index in [1.807, 2.05) is 57.2 Å². The van der Waals surface area contributed by atoms with Crippen LogP contribution < -0.4 is 5.56 Å². The highest BCUT2D eigenvalue weighted by molar-refractivity contribution is 5.78. The van der Waals surface area contributed by atoms with E-state index in [0.29, 0.717) is 5.69 Å². The van der Waals surface area contributed by atoms with Crippen molar-refractivity contribution in [3.63, 3.8) is 0 Å². The van der Waals surface area contributed by atoms with Crippen LogP contribution in [-0.4, -0.2) is 9.97 Å².